The van der Waals surface area contributed by atoms with E-state index < -0.39 is 0 Å². The largest absolute Gasteiger partial charge is 0.453 e. The number of benzene rings is 2. The van der Waals surface area contributed by atoms with Crippen molar-refractivity contribution < 1.29 is 13.9 Å². The van der Waals surface area contributed by atoms with Crippen molar-refractivity contribution in [1.29, 1.82) is 0 Å². The lowest BCUT2D eigenvalue weighted by atomic mass is 9.95. The lowest BCUT2D eigenvalue weighted by molar-refractivity contribution is -0.141. The Morgan fingerprint density at radius 1 is 1.09 bits per heavy atom. The van der Waals surface area contributed by atoms with Crippen LogP contribution < -0.4 is 10.3 Å². The molecule has 1 saturated heterocycles. The van der Waals surface area contributed by atoms with Gasteiger partial charge in [0.05, 0.1) is 10.4 Å². The van der Waals surface area contributed by atoms with Gasteiger partial charge in [-0.2, -0.15) is 0 Å². The number of ether oxygens (including phenoxy) is 2. The van der Waals surface area contributed by atoms with Crippen LogP contribution in [-0.2, 0) is 9.47 Å². The van der Waals surface area contributed by atoms with Gasteiger partial charge < -0.3 is 18.8 Å². The fraction of sp³-hybridized carbons (Fsp3) is 0.333. The number of nitrogens with zero attached hydrogens (tertiary/aromatic N) is 2. The van der Waals surface area contributed by atoms with Crippen LogP contribution in [0.4, 0.5) is 5.69 Å². The van der Waals surface area contributed by atoms with E-state index in [1.807, 2.05) is 6.92 Å². The average molecular weight is 479 g/mol. The number of aromatic nitrogens is 1. The third-order valence-corrected chi connectivity index (χ3v) is 7.08. The van der Waals surface area contributed by atoms with Crippen molar-refractivity contribution in [2.24, 2.45) is 5.92 Å². The van der Waals surface area contributed by atoms with Gasteiger partial charge in [-0.15, -0.1) is 0 Å². The van der Waals surface area contributed by atoms with E-state index >= 15 is 0 Å². The SMILES string of the molecule is COC(OC)C1CCN(c2ccc(-c3c(C)cnc4c(=O)c5c(Cl)cccc5oc34)cc2)CC1. The molecule has 0 spiro atoms. The van der Waals surface area contributed by atoms with Crippen molar-refractivity contribution in [1.82, 2.24) is 4.98 Å². The van der Waals surface area contributed by atoms with Crippen molar-refractivity contribution in [2.75, 3.05) is 32.2 Å². The zero-order chi connectivity index (χ0) is 23.8. The van der Waals surface area contributed by atoms with Crippen LogP contribution in [0.15, 0.2) is 57.9 Å². The molecule has 0 N–H and O–H groups in total. The smallest absolute Gasteiger partial charge is 0.220 e. The highest BCUT2D eigenvalue weighted by Crippen LogP contribution is 2.34. The minimum Gasteiger partial charge on any atom is -0.453 e. The van der Waals surface area contributed by atoms with Gasteiger partial charge in [0.1, 0.15) is 5.58 Å². The molecule has 3 heterocycles. The molecule has 1 aliphatic heterocycles. The summed E-state index contributed by atoms with van der Waals surface area (Å²) in [7, 11) is 3.40. The molecule has 0 atom stereocenters. The third-order valence-electron chi connectivity index (χ3n) is 6.76. The van der Waals surface area contributed by atoms with Crippen molar-refractivity contribution in [3.63, 3.8) is 0 Å². The maximum Gasteiger partial charge on any atom is 0.220 e. The van der Waals surface area contributed by atoms with Crippen LogP contribution in [0, 0.1) is 12.8 Å². The second kappa shape index (κ2) is 9.37. The molecule has 2 aromatic carbocycles. The maximum absolute atomic E-state index is 13.2. The van der Waals surface area contributed by atoms with Crippen LogP contribution in [0.2, 0.25) is 5.02 Å². The number of piperidine rings is 1. The third kappa shape index (κ3) is 3.96. The van der Waals surface area contributed by atoms with E-state index in [4.69, 9.17) is 25.5 Å². The summed E-state index contributed by atoms with van der Waals surface area (Å²) in [6, 6.07) is 13.6. The number of anilines is 1. The Morgan fingerprint density at radius 3 is 2.47 bits per heavy atom. The Labute approximate surface area is 203 Å². The highest BCUT2D eigenvalue weighted by Gasteiger charge is 2.26. The molecule has 7 heteroatoms. The molecule has 0 unspecified atom stereocenters. The van der Waals surface area contributed by atoms with Gasteiger partial charge in [0.2, 0.25) is 5.43 Å². The number of pyridine rings is 1. The van der Waals surface area contributed by atoms with Crippen LogP contribution >= 0.6 is 11.6 Å². The summed E-state index contributed by atoms with van der Waals surface area (Å²) < 4.78 is 17.1. The molecule has 1 fully saturated rings. The first-order chi connectivity index (χ1) is 16.5. The summed E-state index contributed by atoms with van der Waals surface area (Å²) in [4.78, 5) is 19.9. The predicted molar refractivity (Wildman–Crippen MR) is 136 cm³/mol. The number of halogens is 1. The average Bonchev–Trinajstić information content (AvgIpc) is 2.85. The number of hydrogen-bond donors (Lipinski definition) is 0. The lowest BCUT2D eigenvalue weighted by Gasteiger charge is -2.36. The van der Waals surface area contributed by atoms with E-state index in [-0.39, 0.29) is 17.2 Å². The maximum atomic E-state index is 13.2. The van der Waals surface area contributed by atoms with Crippen molar-refractivity contribution in [2.45, 2.75) is 26.1 Å². The first kappa shape index (κ1) is 22.8. The summed E-state index contributed by atoms with van der Waals surface area (Å²) in [6.45, 7) is 3.88. The fourth-order valence-corrected chi connectivity index (χ4v) is 5.24. The minimum atomic E-state index is -0.215. The quantitative estimate of drug-likeness (QED) is 0.266. The molecule has 0 radical (unpaired) electrons. The summed E-state index contributed by atoms with van der Waals surface area (Å²) >= 11 is 6.28. The van der Waals surface area contributed by atoms with Gasteiger partial charge in [0.15, 0.2) is 17.4 Å². The molecule has 0 bridgehead atoms. The molecule has 5 rings (SSSR count). The van der Waals surface area contributed by atoms with E-state index in [1.165, 1.54) is 5.69 Å². The Morgan fingerprint density at radius 2 is 1.79 bits per heavy atom. The van der Waals surface area contributed by atoms with E-state index in [0.29, 0.717) is 27.5 Å². The molecule has 176 valence electrons. The van der Waals surface area contributed by atoms with Crippen LogP contribution in [0.1, 0.15) is 18.4 Å². The fourth-order valence-electron chi connectivity index (χ4n) is 4.99. The van der Waals surface area contributed by atoms with Crippen molar-refractivity contribution in [3.8, 4) is 11.1 Å². The monoisotopic (exact) mass is 478 g/mol. The normalized spacial score (nSPS) is 15.0. The second-order valence-electron chi connectivity index (χ2n) is 8.75. The standard InChI is InChI=1S/C27H27ClN2O4/c1-16-15-29-24-25(31)23-20(28)5-4-6-21(23)34-26(24)22(16)17-7-9-19(10-8-17)30-13-11-18(12-14-30)27(32-2)33-3/h4-10,15,18,27H,11-14H2,1-3H3. The van der Waals surface area contributed by atoms with Crippen molar-refractivity contribution >= 4 is 39.4 Å². The molecule has 4 aromatic rings. The Hall–Kier alpha value is -2.93. The summed E-state index contributed by atoms with van der Waals surface area (Å²) in [5.74, 6) is 0.405. The van der Waals surface area contributed by atoms with E-state index in [0.717, 1.165) is 42.6 Å². The van der Waals surface area contributed by atoms with Crippen LogP contribution in [0.5, 0.6) is 0 Å². The molecular weight excluding hydrogens is 452 g/mol. The highest BCUT2D eigenvalue weighted by atomic mass is 35.5. The number of methoxy groups -OCH3 is 2. The molecule has 2 aromatic heterocycles. The van der Waals surface area contributed by atoms with Gasteiger partial charge in [-0.3, -0.25) is 4.79 Å². The van der Waals surface area contributed by atoms with Crippen molar-refractivity contribution in [3.05, 3.63) is 69.5 Å². The molecule has 1 aliphatic rings. The van der Waals surface area contributed by atoms with Gasteiger partial charge in [0.25, 0.3) is 0 Å². The second-order valence-corrected chi connectivity index (χ2v) is 9.16. The van der Waals surface area contributed by atoms with Crippen LogP contribution in [-0.4, -0.2) is 38.6 Å². The highest BCUT2D eigenvalue weighted by molar-refractivity contribution is 6.35. The Balaban J connectivity index is 1.49. The predicted octanol–water partition coefficient (Wildman–Crippen LogP) is 5.81. The number of aryl methyl sites for hydroxylation is 1. The topological polar surface area (TPSA) is 64.8 Å². The first-order valence-corrected chi connectivity index (χ1v) is 11.8. The molecule has 0 aliphatic carbocycles. The van der Waals surface area contributed by atoms with E-state index in [9.17, 15) is 4.79 Å². The molecule has 34 heavy (non-hydrogen) atoms. The molecular formula is C27H27ClN2O4. The minimum absolute atomic E-state index is 0.145. The summed E-state index contributed by atoms with van der Waals surface area (Å²) in [5.41, 5.74) is 4.98. The van der Waals surface area contributed by atoms with Gasteiger partial charge in [-0.1, -0.05) is 29.8 Å². The summed E-state index contributed by atoms with van der Waals surface area (Å²) in [6.07, 6.45) is 3.61. The van der Waals surface area contributed by atoms with Crippen LogP contribution in [0.25, 0.3) is 33.2 Å². The Kier molecular flexibility index (Phi) is 6.30. The number of hydrogen-bond acceptors (Lipinski definition) is 6. The Bertz CT molecular complexity index is 1390. The zero-order valence-corrected chi connectivity index (χ0v) is 20.3. The summed E-state index contributed by atoms with van der Waals surface area (Å²) in [5, 5.41) is 0.731. The molecule has 0 amide bonds. The van der Waals surface area contributed by atoms with E-state index in [1.54, 1.807) is 38.6 Å². The molecule has 6 nitrogen and oxygen atoms in total. The first-order valence-electron chi connectivity index (χ1n) is 11.4. The van der Waals surface area contributed by atoms with Gasteiger partial charge in [0, 0.05) is 50.7 Å². The molecule has 0 saturated carbocycles. The zero-order valence-electron chi connectivity index (χ0n) is 19.5. The van der Waals surface area contributed by atoms with Gasteiger partial charge in [-0.25, -0.2) is 4.98 Å². The van der Waals surface area contributed by atoms with Gasteiger partial charge >= 0.3 is 0 Å². The van der Waals surface area contributed by atoms with Gasteiger partial charge in [-0.05, 0) is 55.2 Å². The number of fused-ring (bicyclic) bond motifs is 2. The number of rotatable bonds is 5. The van der Waals surface area contributed by atoms with E-state index in [2.05, 4.69) is 34.1 Å². The van der Waals surface area contributed by atoms with Crippen LogP contribution in [0.3, 0.4) is 0 Å². The lowest BCUT2D eigenvalue weighted by Crippen LogP contribution is -2.39.